The van der Waals surface area contributed by atoms with Gasteiger partial charge in [0.25, 0.3) is 0 Å². The number of halogens is 6. The molecule has 0 aromatic heterocycles. The zero-order valence-corrected chi connectivity index (χ0v) is 22.9. The highest BCUT2D eigenvalue weighted by atomic mass is 19.4. The standard InChI is InChI=1S/C32H38F6O2/c1-2-3-4-22-5-7-23(8-6-22)9-10-24-11-13-25(14-12-24)26-15-20-29(30(33)21-26)31(34,35)39-27-16-18-28(19-17-27)40-32(36,37)38/h9-10,15-25H,2-8,11-14H2,1H3/b10-9+. The molecule has 4 rings (SSSR count). The molecule has 0 atom stereocenters. The van der Waals surface area contributed by atoms with Crippen LogP contribution in [0.1, 0.15) is 94.6 Å². The van der Waals surface area contributed by atoms with E-state index in [9.17, 15) is 26.3 Å². The van der Waals surface area contributed by atoms with E-state index in [0.717, 1.165) is 68.0 Å². The molecule has 0 unspecified atom stereocenters. The summed E-state index contributed by atoms with van der Waals surface area (Å²) in [6.07, 6.45) is 8.77. The minimum absolute atomic E-state index is 0.109. The lowest BCUT2D eigenvalue weighted by molar-refractivity contribution is -0.274. The Hall–Kier alpha value is -2.64. The lowest BCUT2D eigenvalue weighted by Crippen LogP contribution is -2.24. The van der Waals surface area contributed by atoms with E-state index in [1.54, 1.807) is 0 Å². The maximum atomic E-state index is 14.8. The van der Waals surface area contributed by atoms with Gasteiger partial charge in [-0.1, -0.05) is 44.4 Å². The Bertz CT molecular complexity index is 1100. The smallest absolute Gasteiger partial charge is 0.429 e. The SMILES string of the molecule is CCCCC1CCC(/C=C/C2CCC(c3ccc(C(F)(F)Oc4ccc(OC(F)(F)F)cc4)c(F)c3)CC2)CC1. The van der Waals surface area contributed by atoms with Gasteiger partial charge in [-0.3, -0.25) is 0 Å². The maximum Gasteiger partial charge on any atom is 0.573 e. The molecule has 40 heavy (non-hydrogen) atoms. The molecule has 2 saturated carbocycles. The molecule has 0 bridgehead atoms. The van der Waals surface area contributed by atoms with Gasteiger partial charge >= 0.3 is 12.5 Å². The molecule has 0 N–H and O–H groups in total. The molecule has 2 aliphatic carbocycles. The van der Waals surface area contributed by atoms with Crippen molar-refractivity contribution < 1.29 is 35.8 Å². The molecule has 2 fully saturated rings. The summed E-state index contributed by atoms with van der Waals surface area (Å²) in [4.78, 5) is 0. The van der Waals surface area contributed by atoms with Crippen molar-refractivity contribution in [2.75, 3.05) is 0 Å². The van der Waals surface area contributed by atoms with E-state index in [4.69, 9.17) is 0 Å². The van der Waals surface area contributed by atoms with Crippen LogP contribution in [0.25, 0.3) is 0 Å². The van der Waals surface area contributed by atoms with Crippen molar-refractivity contribution in [3.8, 4) is 11.5 Å². The van der Waals surface area contributed by atoms with Crippen LogP contribution in [0, 0.1) is 23.6 Å². The van der Waals surface area contributed by atoms with Crippen molar-refractivity contribution in [3.63, 3.8) is 0 Å². The Morgan fingerprint density at radius 1 is 0.750 bits per heavy atom. The second-order valence-corrected chi connectivity index (χ2v) is 11.3. The summed E-state index contributed by atoms with van der Waals surface area (Å²) in [6, 6.07) is 7.23. The molecular formula is C32H38F6O2. The van der Waals surface area contributed by atoms with Gasteiger partial charge in [-0.2, -0.15) is 8.78 Å². The average molecular weight is 569 g/mol. The minimum atomic E-state index is -4.90. The van der Waals surface area contributed by atoms with Crippen molar-refractivity contribution in [2.24, 2.45) is 17.8 Å². The van der Waals surface area contributed by atoms with E-state index in [0.29, 0.717) is 17.4 Å². The number of unbranched alkanes of at least 4 members (excludes halogenated alkanes) is 1. The second kappa shape index (κ2) is 13.3. The van der Waals surface area contributed by atoms with Gasteiger partial charge in [0.1, 0.15) is 17.3 Å². The highest BCUT2D eigenvalue weighted by Gasteiger charge is 2.38. The van der Waals surface area contributed by atoms with Crippen LogP contribution in [0.3, 0.4) is 0 Å². The molecule has 0 amide bonds. The molecule has 0 radical (unpaired) electrons. The van der Waals surface area contributed by atoms with Crippen molar-refractivity contribution in [1.29, 1.82) is 0 Å². The summed E-state index contributed by atoms with van der Waals surface area (Å²) in [7, 11) is 0. The first-order chi connectivity index (χ1) is 19.0. The molecule has 2 aromatic rings. The van der Waals surface area contributed by atoms with E-state index in [1.807, 2.05) is 0 Å². The van der Waals surface area contributed by atoms with E-state index < -0.39 is 35.4 Å². The molecular weight excluding hydrogens is 530 g/mol. The van der Waals surface area contributed by atoms with Crippen molar-refractivity contribution >= 4 is 0 Å². The lowest BCUT2D eigenvalue weighted by Gasteiger charge is -2.29. The zero-order chi connectivity index (χ0) is 28.8. The Morgan fingerprint density at radius 3 is 1.82 bits per heavy atom. The van der Waals surface area contributed by atoms with Gasteiger partial charge in [-0.25, -0.2) is 4.39 Å². The number of benzene rings is 2. The van der Waals surface area contributed by atoms with Gasteiger partial charge in [0.15, 0.2) is 0 Å². The summed E-state index contributed by atoms with van der Waals surface area (Å²) in [5.74, 6) is 0.115. The van der Waals surface area contributed by atoms with Crippen molar-refractivity contribution in [1.82, 2.24) is 0 Å². The van der Waals surface area contributed by atoms with Gasteiger partial charge in [0, 0.05) is 0 Å². The van der Waals surface area contributed by atoms with Crippen LogP contribution < -0.4 is 9.47 Å². The van der Waals surface area contributed by atoms with Crippen LogP contribution in [0.2, 0.25) is 0 Å². The third-order valence-electron chi connectivity index (χ3n) is 8.37. The first kappa shape index (κ1) is 30.3. The summed E-state index contributed by atoms with van der Waals surface area (Å²) >= 11 is 0. The van der Waals surface area contributed by atoms with Gasteiger partial charge < -0.3 is 9.47 Å². The monoisotopic (exact) mass is 568 g/mol. The lowest BCUT2D eigenvalue weighted by atomic mass is 9.76. The van der Waals surface area contributed by atoms with E-state index >= 15 is 0 Å². The fourth-order valence-electron chi connectivity index (χ4n) is 6.06. The molecule has 0 saturated heterocycles. The topological polar surface area (TPSA) is 18.5 Å². The minimum Gasteiger partial charge on any atom is -0.429 e. The molecule has 2 aliphatic rings. The van der Waals surface area contributed by atoms with Gasteiger partial charge in [0.05, 0.1) is 5.56 Å². The van der Waals surface area contributed by atoms with Crippen LogP contribution in [-0.2, 0) is 6.11 Å². The summed E-state index contributed by atoms with van der Waals surface area (Å²) in [6.45, 7) is 2.25. The van der Waals surface area contributed by atoms with Gasteiger partial charge in [-0.15, -0.1) is 13.2 Å². The Kier molecular flexibility index (Phi) is 10.1. The number of ether oxygens (including phenoxy) is 2. The predicted molar refractivity (Wildman–Crippen MR) is 143 cm³/mol. The number of alkyl halides is 5. The van der Waals surface area contributed by atoms with Gasteiger partial charge in [-0.05, 0) is 117 Å². The summed E-state index contributed by atoms with van der Waals surface area (Å²) in [5, 5.41) is 0. The molecule has 0 aliphatic heterocycles. The fourth-order valence-corrected chi connectivity index (χ4v) is 6.06. The zero-order valence-electron chi connectivity index (χ0n) is 22.9. The summed E-state index contributed by atoms with van der Waals surface area (Å²) < 4.78 is 89.5. The average Bonchev–Trinajstić information content (AvgIpc) is 2.91. The Labute approximate surface area is 232 Å². The molecule has 2 aromatic carbocycles. The van der Waals surface area contributed by atoms with Gasteiger partial charge in [0.2, 0.25) is 0 Å². The van der Waals surface area contributed by atoms with E-state index in [1.165, 1.54) is 51.0 Å². The van der Waals surface area contributed by atoms with Crippen molar-refractivity contribution in [2.45, 2.75) is 95.9 Å². The number of rotatable bonds is 10. The maximum absolute atomic E-state index is 14.8. The van der Waals surface area contributed by atoms with Crippen LogP contribution >= 0.6 is 0 Å². The fraction of sp³-hybridized carbons (Fsp3) is 0.562. The quantitative estimate of drug-likeness (QED) is 0.210. The first-order valence-electron chi connectivity index (χ1n) is 14.4. The normalized spacial score (nSPS) is 24.3. The van der Waals surface area contributed by atoms with E-state index in [-0.39, 0.29) is 5.92 Å². The number of hydrogen-bond acceptors (Lipinski definition) is 2. The van der Waals surface area contributed by atoms with Crippen molar-refractivity contribution in [3.05, 3.63) is 71.6 Å². The van der Waals surface area contributed by atoms with Crippen LogP contribution in [0.4, 0.5) is 26.3 Å². The van der Waals surface area contributed by atoms with E-state index in [2.05, 4.69) is 28.5 Å². The highest BCUT2D eigenvalue weighted by Crippen LogP contribution is 2.40. The molecule has 220 valence electrons. The Morgan fingerprint density at radius 2 is 1.30 bits per heavy atom. The Balaban J connectivity index is 1.28. The molecule has 2 nitrogen and oxygen atoms in total. The molecule has 8 heteroatoms. The molecule has 0 spiro atoms. The number of hydrogen-bond donors (Lipinski definition) is 0. The largest absolute Gasteiger partial charge is 0.573 e. The molecule has 0 heterocycles. The van der Waals surface area contributed by atoms with Crippen LogP contribution in [0.15, 0.2) is 54.6 Å². The first-order valence-corrected chi connectivity index (χ1v) is 14.4. The third kappa shape index (κ3) is 8.68. The van der Waals surface area contributed by atoms with Crippen LogP contribution in [-0.4, -0.2) is 6.36 Å². The third-order valence-corrected chi connectivity index (χ3v) is 8.37. The summed E-state index contributed by atoms with van der Waals surface area (Å²) in [5.41, 5.74) is -0.230. The predicted octanol–water partition coefficient (Wildman–Crippen LogP) is 10.7. The van der Waals surface area contributed by atoms with Crippen LogP contribution in [0.5, 0.6) is 11.5 Å². The highest BCUT2D eigenvalue weighted by molar-refractivity contribution is 5.34. The number of allylic oxidation sites excluding steroid dienone is 2. The second-order valence-electron chi connectivity index (χ2n) is 11.3.